The summed E-state index contributed by atoms with van der Waals surface area (Å²) >= 11 is 0. The summed E-state index contributed by atoms with van der Waals surface area (Å²) in [5, 5.41) is 3.43. The first-order valence-corrected chi connectivity index (χ1v) is 8.33. The molecule has 1 saturated heterocycles. The SMILES string of the molecule is CCNC(=NCC1CC1C)N1CCN(c2ncccn2)CC1.I. The van der Waals surface area contributed by atoms with Crippen LogP contribution in [0.1, 0.15) is 20.3 Å². The van der Waals surface area contributed by atoms with Gasteiger partial charge in [-0.1, -0.05) is 6.92 Å². The third-order valence-corrected chi connectivity index (χ3v) is 4.50. The standard InChI is InChI=1S/C16H26N6.HI/c1-3-17-15(20-12-14-11-13(14)2)21-7-9-22(10-8-21)16-18-5-4-6-19-16;/h4-6,13-14H,3,7-12H2,1-2H3,(H,17,20);1H. The molecule has 2 unspecified atom stereocenters. The largest absolute Gasteiger partial charge is 0.357 e. The van der Waals surface area contributed by atoms with E-state index in [1.165, 1.54) is 6.42 Å². The van der Waals surface area contributed by atoms with Crippen molar-refractivity contribution in [2.45, 2.75) is 20.3 Å². The van der Waals surface area contributed by atoms with Gasteiger partial charge in [0, 0.05) is 51.7 Å². The highest BCUT2D eigenvalue weighted by molar-refractivity contribution is 14.0. The highest BCUT2D eigenvalue weighted by atomic mass is 127. The van der Waals surface area contributed by atoms with Gasteiger partial charge in [-0.2, -0.15) is 0 Å². The molecule has 3 rings (SSSR count). The van der Waals surface area contributed by atoms with Crippen LogP contribution < -0.4 is 10.2 Å². The maximum absolute atomic E-state index is 4.83. The summed E-state index contributed by atoms with van der Waals surface area (Å²) in [5.41, 5.74) is 0. The topological polar surface area (TPSA) is 56.7 Å². The predicted octanol–water partition coefficient (Wildman–Crippen LogP) is 1.84. The number of hydrogen-bond acceptors (Lipinski definition) is 4. The van der Waals surface area contributed by atoms with E-state index in [-0.39, 0.29) is 24.0 Å². The molecule has 6 nitrogen and oxygen atoms in total. The van der Waals surface area contributed by atoms with Crippen LogP contribution in [-0.4, -0.2) is 60.1 Å². The maximum atomic E-state index is 4.83. The van der Waals surface area contributed by atoms with E-state index < -0.39 is 0 Å². The second kappa shape index (κ2) is 8.65. The molecule has 1 aromatic heterocycles. The van der Waals surface area contributed by atoms with Crippen LogP contribution in [0.3, 0.4) is 0 Å². The number of hydrogen-bond donors (Lipinski definition) is 1. The van der Waals surface area contributed by atoms with Gasteiger partial charge < -0.3 is 15.1 Å². The molecule has 7 heteroatoms. The quantitative estimate of drug-likeness (QED) is 0.449. The first kappa shape index (κ1) is 18.2. The molecule has 1 aliphatic carbocycles. The summed E-state index contributed by atoms with van der Waals surface area (Å²) in [7, 11) is 0. The Morgan fingerprint density at radius 1 is 1.26 bits per heavy atom. The Hall–Kier alpha value is -1.12. The van der Waals surface area contributed by atoms with Crippen molar-refractivity contribution in [3.63, 3.8) is 0 Å². The van der Waals surface area contributed by atoms with Crippen molar-refractivity contribution in [1.82, 2.24) is 20.2 Å². The van der Waals surface area contributed by atoms with Crippen molar-refractivity contribution < 1.29 is 0 Å². The van der Waals surface area contributed by atoms with Crippen molar-refractivity contribution in [1.29, 1.82) is 0 Å². The highest BCUT2D eigenvalue weighted by Gasteiger charge is 2.32. The van der Waals surface area contributed by atoms with Gasteiger partial charge in [-0.05, 0) is 31.2 Å². The van der Waals surface area contributed by atoms with E-state index in [0.717, 1.165) is 63.0 Å². The Labute approximate surface area is 155 Å². The molecular formula is C16H27IN6. The summed E-state index contributed by atoms with van der Waals surface area (Å²) in [6, 6.07) is 1.86. The molecule has 0 amide bonds. The molecule has 0 aromatic carbocycles. The van der Waals surface area contributed by atoms with Crippen molar-refractivity contribution in [2.75, 3.05) is 44.2 Å². The third-order valence-electron chi connectivity index (χ3n) is 4.50. The van der Waals surface area contributed by atoms with E-state index in [0.29, 0.717) is 0 Å². The van der Waals surface area contributed by atoms with Crippen molar-refractivity contribution >= 4 is 35.9 Å². The van der Waals surface area contributed by atoms with E-state index in [1.54, 1.807) is 12.4 Å². The van der Waals surface area contributed by atoms with E-state index in [2.05, 4.69) is 38.9 Å². The Balaban J connectivity index is 0.00000192. The summed E-state index contributed by atoms with van der Waals surface area (Å²) in [5.74, 6) is 3.55. The average molecular weight is 430 g/mol. The first-order chi connectivity index (χ1) is 10.8. The number of aromatic nitrogens is 2. The minimum atomic E-state index is 0. The molecule has 0 spiro atoms. The van der Waals surface area contributed by atoms with Gasteiger partial charge in [-0.3, -0.25) is 4.99 Å². The Morgan fingerprint density at radius 2 is 1.91 bits per heavy atom. The predicted molar refractivity (Wildman–Crippen MR) is 104 cm³/mol. The number of nitrogens with one attached hydrogen (secondary N) is 1. The summed E-state index contributed by atoms with van der Waals surface area (Å²) in [4.78, 5) is 18.1. The lowest BCUT2D eigenvalue weighted by Crippen LogP contribution is -2.53. The van der Waals surface area contributed by atoms with Crippen LogP contribution in [0.15, 0.2) is 23.5 Å². The van der Waals surface area contributed by atoms with E-state index >= 15 is 0 Å². The monoisotopic (exact) mass is 430 g/mol. The maximum Gasteiger partial charge on any atom is 0.225 e. The van der Waals surface area contributed by atoms with Gasteiger partial charge in [0.25, 0.3) is 0 Å². The van der Waals surface area contributed by atoms with E-state index in [4.69, 9.17) is 4.99 Å². The zero-order chi connectivity index (χ0) is 15.4. The minimum absolute atomic E-state index is 0. The van der Waals surface area contributed by atoms with Crippen LogP contribution in [0.25, 0.3) is 0 Å². The molecule has 2 atom stereocenters. The molecular weight excluding hydrogens is 403 g/mol. The molecule has 2 aliphatic rings. The first-order valence-electron chi connectivity index (χ1n) is 8.33. The molecule has 2 heterocycles. The fourth-order valence-electron chi connectivity index (χ4n) is 2.86. The number of nitrogens with zero attached hydrogens (tertiary/aromatic N) is 5. The van der Waals surface area contributed by atoms with Crippen LogP contribution in [0.2, 0.25) is 0 Å². The van der Waals surface area contributed by atoms with Crippen LogP contribution in [0.4, 0.5) is 5.95 Å². The molecule has 23 heavy (non-hydrogen) atoms. The van der Waals surface area contributed by atoms with Crippen LogP contribution in [0.5, 0.6) is 0 Å². The number of rotatable bonds is 4. The highest BCUT2D eigenvalue weighted by Crippen LogP contribution is 2.37. The molecule has 1 saturated carbocycles. The van der Waals surface area contributed by atoms with Gasteiger partial charge in [0.05, 0.1) is 0 Å². The van der Waals surface area contributed by atoms with Gasteiger partial charge >= 0.3 is 0 Å². The average Bonchev–Trinajstić information content (AvgIpc) is 3.28. The second-order valence-corrected chi connectivity index (χ2v) is 6.19. The molecule has 1 aromatic rings. The zero-order valence-corrected chi connectivity index (χ0v) is 16.3. The molecule has 0 bridgehead atoms. The Kier molecular flexibility index (Phi) is 6.86. The second-order valence-electron chi connectivity index (χ2n) is 6.19. The van der Waals surface area contributed by atoms with Crippen LogP contribution >= 0.6 is 24.0 Å². The lowest BCUT2D eigenvalue weighted by atomic mass is 10.3. The normalized spacial score (nSPS) is 24.2. The number of halogens is 1. The van der Waals surface area contributed by atoms with Gasteiger partial charge in [0.2, 0.25) is 5.95 Å². The lowest BCUT2D eigenvalue weighted by Gasteiger charge is -2.36. The molecule has 2 fully saturated rings. The summed E-state index contributed by atoms with van der Waals surface area (Å²) in [6.45, 7) is 10.1. The van der Waals surface area contributed by atoms with Crippen molar-refractivity contribution in [2.24, 2.45) is 16.8 Å². The van der Waals surface area contributed by atoms with Crippen LogP contribution in [-0.2, 0) is 0 Å². The number of guanidine groups is 1. The number of piperazine rings is 1. The fourth-order valence-corrected chi connectivity index (χ4v) is 2.86. The van der Waals surface area contributed by atoms with Crippen molar-refractivity contribution in [3.05, 3.63) is 18.5 Å². The molecule has 0 radical (unpaired) electrons. The van der Waals surface area contributed by atoms with E-state index in [9.17, 15) is 0 Å². The van der Waals surface area contributed by atoms with Crippen LogP contribution in [0, 0.1) is 11.8 Å². The van der Waals surface area contributed by atoms with Gasteiger partial charge in [-0.15, -0.1) is 24.0 Å². The lowest BCUT2D eigenvalue weighted by molar-refractivity contribution is 0.370. The zero-order valence-electron chi connectivity index (χ0n) is 14.0. The molecule has 1 N–H and O–H groups in total. The number of aliphatic imine (C=N–C) groups is 1. The fraction of sp³-hybridized carbons (Fsp3) is 0.688. The van der Waals surface area contributed by atoms with Gasteiger partial charge in [0.1, 0.15) is 0 Å². The summed E-state index contributed by atoms with van der Waals surface area (Å²) in [6.07, 6.45) is 4.94. The van der Waals surface area contributed by atoms with Crippen molar-refractivity contribution in [3.8, 4) is 0 Å². The Morgan fingerprint density at radius 3 is 2.48 bits per heavy atom. The summed E-state index contributed by atoms with van der Waals surface area (Å²) < 4.78 is 0. The Bertz CT molecular complexity index is 501. The smallest absolute Gasteiger partial charge is 0.225 e. The minimum Gasteiger partial charge on any atom is -0.357 e. The van der Waals surface area contributed by atoms with E-state index in [1.807, 2.05) is 6.07 Å². The number of anilines is 1. The molecule has 128 valence electrons. The van der Waals surface area contributed by atoms with Gasteiger partial charge in [-0.25, -0.2) is 9.97 Å². The molecule has 1 aliphatic heterocycles. The van der Waals surface area contributed by atoms with Gasteiger partial charge in [0.15, 0.2) is 5.96 Å². The third kappa shape index (κ3) is 4.92.